The maximum absolute atomic E-state index is 12.3. The molecule has 0 heterocycles. The van der Waals surface area contributed by atoms with Gasteiger partial charge in [-0.3, -0.25) is 9.59 Å². The maximum Gasteiger partial charge on any atom is 0.331 e. The summed E-state index contributed by atoms with van der Waals surface area (Å²) in [6, 6.07) is 2.49. The molecule has 0 spiro atoms. The normalized spacial score (nSPS) is 12.3. The molecule has 1 aromatic carbocycles. The lowest BCUT2D eigenvalue weighted by Crippen LogP contribution is -2.48. The van der Waals surface area contributed by atoms with Crippen LogP contribution in [0.25, 0.3) is 10.4 Å². The van der Waals surface area contributed by atoms with Crippen molar-refractivity contribution >= 4 is 23.5 Å². The second-order valence-electron chi connectivity index (χ2n) is 4.68. The van der Waals surface area contributed by atoms with Crippen molar-refractivity contribution in [3.05, 3.63) is 34.2 Å². The highest BCUT2D eigenvalue weighted by atomic mass is 16.5. The average molecular weight is 336 g/mol. The van der Waals surface area contributed by atoms with Gasteiger partial charge in [-0.15, -0.1) is 0 Å². The summed E-state index contributed by atoms with van der Waals surface area (Å²) < 4.78 is 9.42. The molecule has 1 aromatic rings. The third-order valence-corrected chi connectivity index (χ3v) is 2.85. The fourth-order valence-electron chi connectivity index (χ4n) is 1.77. The summed E-state index contributed by atoms with van der Waals surface area (Å²) in [5.41, 5.74) is 8.47. The first-order valence-electron chi connectivity index (χ1n) is 6.74. The third kappa shape index (κ3) is 4.97. The van der Waals surface area contributed by atoms with Crippen LogP contribution in [-0.4, -0.2) is 42.2 Å². The van der Waals surface area contributed by atoms with Crippen LogP contribution in [0.4, 0.5) is 5.69 Å². The summed E-state index contributed by atoms with van der Waals surface area (Å²) in [6.45, 7) is 2.44. The van der Waals surface area contributed by atoms with Gasteiger partial charge in [-0.05, 0) is 24.6 Å². The molecule has 0 saturated carbocycles. The number of esters is 2. The van der Waals surface area contributed by atoms with Gasteiger partial charge in [0.05, 0.1) is 18.8 Å². The highest BCUT2D eigenvalue weighted by Crippen LogP contribution is 2.26. The highest BCUT2D eigenvalue weighted by Gasteiger charge is 2.28. The van der Waals surface area contributed by atoms with E-state index >= 15 is 0 Å². The summed E-state index contributed by atoms with van der Waals surface area (Å²) in [6.07, 6.45) is -1.21. The molecule has 1 amide bonds. The molecule has 0 aliphatic heterocycles. The molecule has 10 heteroatoms. The van der Waals surface area contributed by atoms with E-state index in [1.807, 2.05) is 0 Å². The minimum Gasteiger partial charge on any atom is -0.467 e. The molecular weight excluding hydrogens is 320 g/mol. The Morgan fingerprint density at radius 2 is 2.04 bits per heavy atom. The molecule has 0 saturated heterocycles. The average Bonchev–Trinajstić information content (AvgIpc) is 2.51. The number of nitrogens with one attached hydrogen (secondary N) is 1. The van der Waals surface area contributed by atoms with E-state index in [0.29, 0.717) is 0 Å². The van der Waals surface area contributed by atoms with E-state index in [4.69, 9.17) is 10.3 Å². The van der Waals surface area contributed by atoms with Crippen LogP contribution in [0.15, 0.2) is 23.3 Å². The predicted octanol–water partition coefficient (Wildman–Crippen LogP) is 1.21. The monoisotopic (exact) mass is 336 g/mol. The van der Waals surface area contributed by atoms with E-state index in [0.717, 1.165) is 14.0 Å². The van der Waals surface area contributed by atoms with Gasteiger partial charge in [-0.2, -0.15) is 0 Å². The molecule has 1 unspecified atom stereocenters. The summed E-state index contributed by atoms with van der Waals surface area (Å²) in [4.78, 5) is 37.7. The van der Waals surface area contributed by atoms with Gasteiger partial charge in [-0.1, -0.05) is 11.2 Å². The van der Waals surface area contributed by atoms with E-state index in [2.05, 4.69) is 20.1 Å². The number of carbonyl (C=O) groups is 3. The predicted molar refractivity (Wildman–Crippen MR) is 81.5 cm³/mol. The Bertz CT molecular complexity index is 697. The van der Waals surface area contributed by atoms with E-state index in [1.165, 1.54) is 25.1 Å². The van der Waals surface area contributed by atoms with Gasteiger partial charge in [0, 0.05) is 17.5 Å². The van der Waals surface area contributed by atoms with Crippen molar-refractivity contribution in [2.45, 2.75) is 26.0 Å². The first-order valence-corrected chi connectivity index (χ1v) is 6.74. The Kier molecular flexibility index (Phi) is 6.72. The van der Waals surface area contributed by atoms with Crippen LogP contribution < -0.4 is 10.1 Å². The number of hydrogen-bond acceptors (Lipinski definition) is 7. The number of methoxy groups -OCH3 is 1. The molecule has 10 nitrogen and oxygen atoms in total. The summed E-state index contributed by atoms with van der Waals surface area (Å²) >= 11 is 0. The summed E-state index contributed by atoms with van der Waals surface area (Å²) in [7, 11) is 1.11. The van der Waals surface area contributed by atoms with Gasteiger partial charge in [0.15, 0.2) is 6.04 Å². The summed E-state index contributed by atoms with van der Waals surface area (Å²) in [5.74, 6) is -2.46. The number of rotatable bonds is 6. The van der Waals surface area contributed by atoms with Gasteiger partial charge in [0.1, 0.15) is 5.75 Å². The number of ether oxygens (including phenoxy) is 2. The first-order chi connectivity index (χ1) is 11.3. The van der Waals surface area contributed by atoms with E-state index in [1.54, 1.807) is 0 Å². The largest absolute Gasteiger partial charge is 0.467 e. The SMILES string of the molecule is COC(=O)[C@@H](NC(=O)c1ccc(N=[N+]=[N-])cc1OC(C)=O)C(C)O. The van der Waals surface area contributed by atoms with E-state index in [9.17, 15) is 19.5 Å². The molecule has 128 valence electrons. The molecule has 1 rings (SSSR count). The number of benzene rings is 1. The van der Waals surface area contributed by atoms with Crippen molar-refractivity contribution in [1.82, 2.24) is 5.32 Å². The van der Waals surface area contributed by atoms with Crippen molar-refractivity contribution in [3.8, 4) is 5.75 Å². The van der Waals surface area contributed by atoms with Crippen molar-refractivity contribution in [1.29, 1.82) is 0 Å². The van der Waals surface area contributed by atoms with Gasteiger partial charge < -0.3 is 19.9 Å². The zero-order valence-corrected chi connectivity index (χ0v) is 13.2. The van der Waals surface area contributed by atoms with Crippen molar-refractivity contribution < 1.29 is 29.0 Å². The van der Waals surface area contributed by atoms with E-state index < -0.39 is 30.0 Å². The lowest BCUT2D eigenvalue weighted by molar-refractivity contribution is -0.145. The molecule has 2 atom stereocenters. The van der Waals surface area contributed by atoms with Crippen LogP contribution in [0.1, 0.15) is 24.2 Å². The second-order valence-corrected chi connectivity index (χ2v) is 4.68. The van der Waals surface area contributed by atoms with Gasteiger partial charge in [0.25, 0.3) is 5.91 Å². The molecule has 0 fully saturated rings. The van der Waals surface area contributed by atoms with Crippen LogP contribution in [0.2, 0.25) is 0 Å². The van der Waals surface area contributed by atoms with Crippen molar-refractivity contribution in [3.63, 3.8) is 0 Å². The lowest BCUT2D eigenvalue weighted by Gasteiger charge is -2.19. The smallest absolute Gasteiger partial charge is 0.331 e. The van der Waals surface area contributed by atoms with E-state index in [-0.39, 0.29) is 17.0 Å². The fraction of sp³-hybridized carbons (Fsp3) is 0.357. The fourth-order valence-corrected chi connectivity index (χ4v) is 1.77. The third-order valence-electron chi connectivity index (χ3n) is 2.85. The topological polar surface area (TPSA) is 151 Å². The molecule has 0 bridgehead atoms. The molecule has 0 aromatic heterocycles. The van der Waals surface area contributed by atoms with Crippen LogP contribution in [0.3, 0.4) is 0 Å². The molecule has 24 heavy (non-hydrogen) atoms. The highest BCUT2D eigenvalue weighted by molar-refractivity contribution is 6.00. The Morgan fingerprint density at radius 3 is 2.54 bits per heavy atom. The van der Waals surface area contributed by atoms with Crippen LogP contribution in [0.5, 0.6) is 5.75 Å². The van der Waals surface area contributed by atoms with Crippen LogP contribution in [0, 0.1) is 0 Å². The Labute approximate surface area is 137 Å². The Morgan fingerprint density at radius 1 is 1.38 bits per heavy atom. The van der Waals surface area contributed by atoms with Crippen LogP contribution in [-0.2, 0) is 14.3 Å². The number of azide groups is 1. The van der Waals surface area contributed by atoms with Gasteiger partial charge in [-0.25, -0.2) is 4.79 Å². The minimum absolute atomic E-state index is 0.0864. The molecule has 0 radical (unpaired) electrons. The molecule has 2 N–H and O–H groups in total. The number of amides is 1. The molecule has 0 aliphatic rings. The lowest BCUT2D eigenvalue weighted by atomic mass is 10.1. The van der Waals surface area contributed by atoms with Crippen molar-refractivity contribution in [2.75, 3.05) is 7.11 Å². The number of nitrogens with zero attached hydrogens (tertiary/aromatic N) is 3. The van der Waals surface area contributed by atoms with Crippen LogP contribution >= 0.6 is 0 Å². The standard InChI is InChI=1S/C14H16N4O6/c1-7(19)12(14(22)23-3)16-13(21)10-5-4-9(17-18-15)6-11(10)24-8(2)20/h4-7,12,19H,1-3H3,(H,16,21)/t7?,12-/m0/s1. The number of carbonyl (C=O) groups excluding carboxylic acids is 3. The molecular formula is C14H16N4O6. The quantitative estimate of drug-likeness (QED) is 0.262. The Balaban J connectivity index is 3.18. The Hall–Kier alpha value is -3.10. The van der Waals surface area contributed by atoms with Gasteiger partial charge >= 0.3 is 11.9 Å². The number of hydrogen-bond donors (Lipinski definition) is 2. The van der Waals surface area contributed by atoms with Crippen molar-refractivity contribution in [2.24, 2.45) is 5.11 Å². The molecule has 0 aliphatic carbocycles. The number of aliphatic hydroxyl groups excluding tert-OH is 1. The zero-order valence-electron chi connectivity index (χ0n) is 13.2. The first kappa shape index (κ1) is 18.9. The summed E-state index contributed by atoms with van der Waals surface area (Å²) in [5, 5.41) is 15.2. The maximum atomic E-state index is 12.3. The van der Waals surface area contributed by atoms with Gasteiger partial charge in [0.2, 0.25) is 0 Å². The minimum atomic E-state index is -1.30. The zero-order chi connectivity index (χ0) is 18.3. The second kappa shape index (κ2) is 8.51. The number of aliphatic hydroxyl groups is 1.